The molecule has 1 atom stereocenters. The molecule has 31 heavy (non-hydrogen) atoms. The fraction of sp³-hybridized carbons (Fsp3) is 0.440. The number of halogens is 3. The number of benzene rings is 2. The quantitative estimate of drug-likeness (QED) is 0.502. The Morgan fingerprint density at radius 1 is 1.10 bits per heavy atom. The average Bonchev–Trinajstić information content (AvgIpc) is 3.30. The van der Waals surface area contributed by atoms with Crippen molar-refractivity contribution in [2.75, 3.05) is 6.61 Å². The lowest BCUT2D eigenvalue weighted by molar-refractivity contribution is -0.269. The Morgan fingerprint density at radius 3 is 2.55 bits per heavy atom. The summed E-state index contributed by atoms with van der Waals surface area (Å²) in [6.45, 7) is 5.97. The third kappa shape index (κ3) is 4.18. The van der Waals surface area contributed by atoms with Gasteiger partial charge in [-0.3, -0.25) is 0 Å². The highest BCUT2D eigenvalue weighted by molar-refractivity contribution is 5.80. The van der Waals surface area contributed by atoms with Gasteiger partial charge in [-0.05, 0) is 54.7 Å². The van der Waals surface area contributed by atoms with Crippen LogP contribution in [0.5, 0.6) is 5.75 Å². The zero-order valence-electron chi connectivity index (χ0n) is 18.1. The Hall–Kier alpha value is -2.47. The number of H-pyrrole nitrogens is 1. The van der Waals surface area contributed by atoms with Gasteiger partial charge in [-0.25, -0.2) is 0 Å². The minimum absolute atomic E-state index is 0.100. The first kappa shape index (κ1) is 21.8. The van der Waals surface area contributed by atoms with Crippen molar-refractivity contribution in [1.29, 1.82) is 0 Å². The lowest BCUT2D eigenvalue weighted by Crippen LogP contribution is -2.49. The molecular weight excluding hydrogens is 403 g/mol. The number of ether oxygens (including phenoxy) is 1. The molecule has 0 amide bonds. The van der Waals surface area contributed by atoms with Crippen LogP contribution in [0, 0.1) is 6.92 Å². The zero-order valence-corrected chi connectivity index (χ0v) is 18.1. The van der Waals surface area contributed by atoms with E-state index in [9.17, 15) is 18.3 Å². The standard InChI is InChI=1S/C25H28F3NO2/c1-16-12-18-9-11-31-22(18)20(13-16)23(2,3)15-24(30,25(26,27)28)10-8-19-14-17-6-4-5-7-21(17)29-19/h4-7,12-14,29-30H,8-11,15H2,1-3H3. The molecule has 4 rings (SSSR count). The van der Waals surface area contributed by atoms with Gasteiger partial charge >= 0.3 is 6.18 Å². The molecule has 0 spiro atoms. The molecule has 166 valence electrons. The lowest BCUT2D eigenvalue weighted by atomic mass is 9.72. The van der Waals surface area contributed by atoms with Crippen LogP contribution in [0.15, 0.2) is 42.5 Å². The summed E-state index contributed by atoms with van der Waals surface area (Å²) in [5.41, 5.74) is 0.557. The first-order chi connectivity index (χ1) is 14.5. The van der Waals surface area contributed by atoms with Gasteiger partial charge in [0.05, 0.1) is 6.61 Å². The van der Waals surface area contributed by atoms with E-state index in [4.69, 9.17) is 4.74 Å². The highest BCUT2D eigenvalue weighted by atomic mass is 19.4. The second-order valence-electron chi connectivity index (χ2n) is 9.37. The van der Waals surface area contributed by atoms with E-state index >= 15 is 0 Å². The predicted octanol–water partition coefficient (Wildman–Crippen LogP) is 6.01. The number of hydrogen-bond donors (Lipinski definition) is 2. The molecule has 0 radical (unpaired) electrons. The molecule has 2 N–H and O–H groups in total. The smallest absolute Gasteiger partial charge is 0.417 e. The SMILES string of the molecule is Cc1cc2c(c(C(C)(C)CC(O)(CCc3cc4ccccc4[nH]3)C(F)(F)F)c1)OCC2. The van der Waals surface area contributed by atoms with Crippen molar-refractivity contribution in [3.05, 3.63) is 64.8 Å². The molecule has 1 aliphatic rings. The molecule has 2 heterocycles. The second-order valence-corrected chi connectivity index (χ2v) is 9.37. The molecule has 0 bridgehead atoms. The van der Waals surface area contributed by atoms with Gasteiger partial charge in [0.15, 0.2) is 5.60 Å². The fourth-order valence-electron chi connectivity index (χ4n) is 4.74. The Bertz CT molecular complexity index is 1070. The summed E-state index contributed by atoms with van der Waals surface area (Å²) >= 11 is 0. The van der Waals surface area contributed by atoms with Gasteiger partial charge in [0.1, 0.15) is 5.75 Å². The molecule has 0 saturated carbocycles. The summed E-state index contributed by atoms with van der Waals surface area (Å²) in [6.07, 6.45) is -4.75. The normalized spacial score (nSPS) is 16.2. The summed E-state index contributed by atoms with van der Waals surface area (Å²) < 4.78 is 48.1. The highest BCUT2D eigenvalue weighted by Crippen LogP contribution is 2.47. The Labute approximate surface area is 180 Å². The number of hydrogen-bond acceptors (Lipinski definition) is 2. The van der Waals surface area contributed by atoms with Gasteiger partial charge in [0.25, 0.3) is 0 Å². The summed E-state index contributed by atoms with van der Waals surface area (Å²) in [6, 6.07) is 13.3. The molecule has 2 aromatic carbocycles. The van der Waals surface area contributed by atoms with Crippen LogP contribution in [0.2, 0.25) is 0 Å². The summed E-state index contributed by atoms with van der Waals surface area (Å²) in [5.74, 6) is 0.677. The summed E-state index contributed by atoms with van der Waals surface area (Å²) in [5, 5.41) is 11.9. The summed E-state index contributed by atoms with van der Waals surface area (Å²) in [7, 11) is 0. The zero-order chi connectivity index (χ0) is 22.4. The average molecular weight is 431 g/mol. The molecule has 3 nitrogen and oxygen atoms in total. The van der Waals surface area contributed by atoms with Crippen LogP contribution >= 0.6 is 0 Å². The molecule has 6 heteroatoms. The van der Waals surface area contributed by atoms with Crippen molar-refractivity contribution in [3.63, 3.8) is 0 Å². The predicted molar refractivity (Wildman–Crippen MR) is 116 cm³/mol. The van der Waals surface area contributed by atoms with Crippen LogP contribution < -0.4 is 4.74 Å². The maximum atomic E-state index is 14.1. The number of alkyl halides is 3. The van der Waals surface area contributed by atoms with E-state index in [0.717, 1.165) is 34.0 Å². The number of aromatic amines is 1. The number of nitrogens with one attached hydrogen (secondary N) is 1. The third-order valence-corrected chi connectivity index (χ3v) is 6.31. The van der Waals surface area contributed by atoms with Crippen LogP contribution in [0.3, 0.4) is 0 Å². The van der Waals surface area contributed by atoms with Crippen molar-refractivity contribution in [3.8, 4) is 5.75 Å². The van der Waals surface area contributed by atoms with Gasteiger partial charge in [-0.2, -0.15) is 13.2 Å². The molecular formula is C25H28F3NO2. The van der Waals surface area contributed by atoms with E-state index in [1.165, 1.54) is 0 Å². The van der Waals surface area contributed by atoms with Crippen LogP contribution in [0.25, 0.3) is 10.9 Å². The van der Waals surface area contributed by atoms with Gasteiger partial charge in [0, 0.05) is 23.2 Å². The molecule has 1 unspecified atom stereocenters. The molecule has 1 aliphatic heterocycles. The van der Waals surface area contributed by atoms with E-state index in [2.05, 4.69) is 4.98 Å². The number of fused-ring (bicyclic) bond motifs is 2. The van der Waals surface area contributed by atoms with Crippen LogP contribution in [0.1, 0.15) is 49.1 Å². The van der Waals surface area contributed by atoms with Gasteiger partial charge < -0.3 is 14.8 Å². The van der Waals surface area contributed by atoms with Crippen molar-refractivity contribution >= 4 is 10.9 Å². The monoisotopic (exact) mass is 431 g/mol. The van der Waals surface area contributed by atoms with Crippen LogP contribution in [-0.4, -0.2) is 28.5 Å². The molecule has 0 saturated heterocycles. The minimum atomic E-state index is -4.75. The topological polar surface area (TPSA) is 45.2 Å². The molecule has 0 fully saturated rings. The summed E-state index contributed by atoms with van der Waals surface area (Å²) in [4.78, 5) is 3.16. The molecule has 0 aliphatic carbocycles. The Morgan fingerprint density at radius 2 is 1.84 bits per heavy atom. The third-order valence-electron chi connectivity index (χ3n) is 6.31. The Balaban J connectivity index is 1.61. The first-order valence-electron chi connectivity index (χ1n) is 10.6. The number of aliphatic hydroxyl groups is 1. The van der Waals surface area contributed by atoms with Crippen molar-refractivity contribution in [2.45, 2.75) is 63.6 Å². The lowest BCUT2D eigenvalue weighted by Gasteiger charge is -2.38. The maximum absolute atomic E-state index is 14.1. The van der Waals surface area contributed by atoms with Crippen molar-refractivity contribution in [2.24, 2.45) is 0 Å². The van der Waals surface area contributed by atoms with Crippen LogP contribution in [0.4, 0.5) is 13.2 Å². The number of para-hydroxylation sites is 1. The first-order valence-corrected chi connectivity index (χ1v) is 10.6. The van der Waals surface area contributed by atoms with E-state index in [1.807, 2.05) is 49.4 Å². The van der Waals surface area contributed by atoms with Crippen LogP contribution in [-0.2, 0) is 18.3 Å². The molecule has 3 aromatic rings. The largest absolute Gasteiger partial charge is 0.493 e. The second kappa shape index (κ2) is 7.59. The highest BCUT2D eigenvalue weighted by Gasteiger charge is 2.55. The van der Waals surface area contributed by atoms with E-state index in [-0.39, 0.29) is 6.42 Å². The van der Waals surface area contributed by atoms with Crippen molar-refractivity contribution in [1.82, 2.24) is 4.98 Å². The maximum Gasteiger partial charge on any atom is 0.417 e. The van der Waals surface area contributed by atoms with E-state index < -0.39 is 30.0 Å². The fourth-order valence-corrected chi connectivity index (χ4v) is 4.74. The number of aromatic nitrogens is 1. The van der Waals surface area contributed by atoms with Gasteiger partial charge in [-0.15, -0.1) is 0 Å². The van der Waals surface area contributed by atoms with E-state index in [0.29, 0.717) is 18.1 Å². The minimum Gasteiger partial charge on any atom is -0.493 e. The van der Waals surface area contributed by atoms with Gasteiger partial charge in [0.2, 0.25) is 0 Å². The number of rotatable bonds is 6. The molecule has 1 aromatic heterocycles. The van der Waals surface area contributed by atoms with Gasteiger partial charge in [-0.1, -0.05) is 49.7 Å². The van der Waals surface area contributed by atoms with Crippen molar-refractivity contribution < 1.29 is 23.0 Å². The number of aryl methyl sites for hydroxylation is 2. The Kier molecular flexibility index (Phi) is 5.32. The van der Waals surface area contributed by atoms with E-state index in [1.54, 1.807) is 13.8 Å².